The van der Waals surface area contributed by atoms with Crippen LogP contribution in [-0.2, 0) is 38.2 Å². The molecule has 0 unspecified atom stereocenters. The van der Waals surface area contributed by atoms with Gasteiger partial charge in [0.1, 0.15) is 0 Å². The fourth-order valence-corrected chi connectivity index (χ4v) is 7.88. The first-order valence-electron chi connectivity index (χ1n) is 15.5. The number of nitrogens with zero attached hydrogens (tertiary/aromatic N) is 4. The number of halogens is 3. The smallest absolute Gasteiger partial charge is 0.379 e. The van der Waals surface area contributed by atoms with Crippen LogP contribution in [0.4, 0.5) is 13.2 Å². The van der Waals surface area contributed by atoms with E-state index in [2.05, 4.69) is 15.2 Å². The number of carbonyl (C=O) groups excluding carboxylic acids is 2. The first-order chi connectivity index (χ1) is 20.7. The van der Waals surface area contributed by atoms with Crippen molar-refractivity contribution >= 4 is 11.8 Å². The summed E-state index contributed by atoms with van der Waals surface area (Å²) in [5, 5.41) is 3.75. The van der Waals surface area contributed by atoms with Gasteiger partial charge in [0.05, 0.1) is 23.7 Å². The van der Waals surface area contributed by atoms with Gasteiger partial charge in [-0.2, -0.15) is 13.2 Å². The van der Waals surface area contributed by atoms with Gasteiger partial charge >= 0.3 is 6.18 Å². The number of aromatic nitrogens is 1. The van der Waals surface area contributed by atoms with Crippen LogP contribution in [0.15, 0.2) is 24.4 Å². The number of fused-ring (bicyclic) bond motifs is 2. The van der Waals surface area contributed by atoms with Crippen LogP contribution in [0.1, 0.15) is 48.9 Å². The SMILES string of the molecule is CO[C@@H]1COCC[C@@H]1N[C@@H]1C[C@H]2CN(C(=O)/C=C/CN3CCCC3)C[C@@]2(C(=O)N2CCc3ncc(C(F)(F)F)cc3C2)C1. The molecule has 0 bridgehead atoms. The van der Waals surface area contributed by atoms with E-state index in [4.69, 9.17) is 9.47 Å². The molecule has 0 radical (unpaired) electrons. The number of pyridine rings is 1. The summed E-state index contributed by atoms with van der Waals surface area (Å²) in [6.45, 7) is 5.28. The van der Waals surface area contributed by atoms with Crippen LogP contribution in [0.2, 0.25) is 0 Å². The zero-order chi connectivity index (χ0) is 30.2. The van der Waals surface area contributed by atoms with Gasteiger partial charge in [-0.05, 0) is 62.7 Å². The Hall–Kier alpha value is -2.54. The maximum atomic E-state index is 14.5. The van der Waals surface area contributed by atoms with E-state index in [-0.39, 0.29) is 42.5 Å². The molecule has 5 heterocycles. The molecule has 2 amide bonds. The molecule has 4 fully saturated rings. The number of rotatable bonds is 7. The van der Waals surface area contributed by atoms with Gasteiger partial charge in [0.2, 0.25) is 11.8 Å². The highest BCUT2D eigenvalue weighted by atomic mass is 19.4. The number of hydrogen-bond donors (Lipinski definition) is 1. The van der Waals surface area contributed by atoms with Gasteiger partial charge < -0.3 is 24.6 Å². The molecule has 4 aliphatic heterocycles. The third-order valence-corrected chi connectivity index (χ3v) is 10.1. The van der Waals surface area contributed by atoms with Gasteiger partial charge in [0.25, 0.3) is 0 Å². The Balaban J connectivity index is 1.20. The molecule has 1 aromatic heterocycles. The molecule has 43 heavy (non-hydrogen) atoms. The fourth-order valence-electron chi connectivity index (χ4n) is 7.88. The van der Waals surface area contributed by atoms with Crippen LogP contribution in [0.5, 0.6) is 0 Å². The van der Waals surface area contributed by atoms with Crippen molar-refractivity contribution < 1.29 is 32.2 Å². The highest BCUT2D eigenvalue weighted by Crippen LogP contribution is 2.51. The number of nitrogens with one attached hydrogen (secondary N) is 1. The Bertz CT molecular complexity index is 1220. The van der Waals surface area contributed by atoms with Crippen LogP contribution in [0.25, 0.3) is 0 Å². The molecule has 0 aromatic carbocycles. The van der Waals surface area contributed by atoms with Gasteiger partial charge in [0.15, 0.2) is 0 Å². The van der Waals surface area contributed by atoms with Crippen LogP contribution >= 0.6 is 0 Å². The normalized spacial score (nSPS) is 31.5. The second-order valence-corrected chi connectivity index (χ2v) is 12.8. The Kier molecular flexibility index (Phi) is 8.83. The Morgan fingerprint density at radius 1 is 1.23 bits per heavy atom. The molecule has 6 rings (SSSR count). The van der Waals surface area contributed by atoms with E-state index in [9.17, 15) is 22.8 Å². The van der Waals surface area contributed by atoms with E-state index in [0.29, 0.717) is 56.9 Å². The van der Waals surface area contributed by atoms with Gasteiger partial charge in [-0.25, -0.2) is 0 Å². The first-order valence-corrected chi connectivity index (χ1v) is 15.5. The number of hydrogen-bond acceptors (Lipinski definition) is 7. The summed E-state index contributed by atoms with van der Waals surface area (Å²) in [6, 6.07) is 1.30. The highest BCUT2D eigenvalue weighted by Gasteiger charge is 2.59. The minimum absolute atomic E-state index is 0.0460. The molecule has 3 saturated heterocycles. The predicted molar refractivity (Wildman–Crippen MR) is 152 cm³/mol. The Labute approximate surface area is 250 Å². The number of alkyl halides is 3. The lowest BCUT2D eigenvalue weighted by Crippen LogP contribution is -2.52. The molecule has 5 atom stereocenters. The largest absolute Gasteiger partial charge is 0.417 e. The molecule has 5 aliphatic rings. The third-order valence-electron chi connectivity index (χ3n) is 10.1. The van der Waals surface area contributed by atoms with Gasteiger partial charge in [-0.15, -0.1) is 0 Å². The summed E-state index contributed by atoms with van der Waals surface area (Å²) < 4.78 is 51.5. The minimum atomic E-state index is -4.50. The third kappa shape index (κ3) is 6.34. The lowest BCUT2D eigenvalue weighted by molar-refractivity contribution is -0.144. The minimum Gasteiger partial charge on any atom is -0.379 e. The number of methoxy groups -OCH3 is 1. The van der Waals surface area contributed by atoms with E-state index >= 15 is 0 Å². The Morgan fingerprint density at radius 3 is 2.81 bits per heavy atom. The van der Waals surface area contributed by atoms with Crippen molar-refractivity contribution in [2.75, 3.05) is 59.6 Å². The molecule has 1 N–H and O–H groups in total. The van der Waals surface area contributed by atoms with Crippen molar-refractivity contribution in [3.63, 3.8) is 0 Å². The standard InChI is InChI=1S/C31H42F3N5O4/c1-42-27-19-43-12-7-26(27)36-24-14-23-18-39(28(40)5-4-10-37-8-2-3-9-37)20-30(23,15-24)29(41)38-11-6-25-21(17-38)13-22(16-35-25)31(32,33)34/h4-5,13,16,23-24,26-27,36H,2-3,6-12,14-15,17-20H2,1H3/b5-4+/t23-,24+,26-,27+,30-/m0/s1. The average Bonchev–Trinajstić information content (AvgIpc) is 3.72. The van der Waals surface area contributed by atoms with Crippen LogP contribution in [0, 0.1) is 11.3 Å². The van der Waals surface area contributed by atoms with E-state index < -0.39 is 17.2 Å². The molecule has 1 aromatic rings. The summed E-state index contributed by atoms with van der Waals surface area (Å²) in [5.41, 5.74) is -0.551. The fraction of sp³-hybridized carbons (Fsp3) is 0.710. The van der Waals surface area contributed by atoms with Crippen molar-refractivity contribution in [3.8, 4) is 0 Å². The summed E-state index contributed by atoms with van der Waals surface area (Å²) >= 11 is 0. The predicted octanol–water partition coefficient (Wildman–Crippen LogP) is 2.64. The second-order valence-electron chi connectivity index (χ2n) is 12.8. The van der Waals surface area contributed by atoms with Gasteiger partial charge in [-0.3, -0.25) is 19.5 Å². The quantitative estimate of drug-likeness (QED) is 0.479. The highest BCUT2D eigenvalue weighted by molar-refractivity contribution is 5.90. The van der Waals surface area contributed by atoms with Crippen LogP contribution in [-0.4, -0.2) is 109 Å². The maximum absolute atomic E-state index is 14.5. The zero-order valence-corrected chi connectivity index (χ0v) is 24.8. The van der Waals surface area contributed by atoms with Crippen molar-refractivity contribution in [1.82, 2.24) is 25.0 Å². The van der Waals surface area contributed by atoms with Crippen molar-refractivity contribution in [2.24, 2.45) is 11.3 Å². The van der Waals surface area contributed by atoms with Gasteiger partial charge in [-0.1, -0.05) is 6.08 Å². The van der Waals surface area contributed by atoms with E-state index in [1.54, 1.807) is 23.0 Å². The Morgan fingerprint density at radius 2 is 2.05 bits per heavy atom. The molecule has 1 saturated carbocycles. The molecule has 9 nitrogen and oxygen atoms in total. The van der Waals surface area contributed by atoms with Crippen molar-refractivity contribution in [3.05, 3.63) is 41.2 Å². The molecule has 1 aliphatic carbocycles. The number of carbonyl (C=O) groups is 2. The first kappa shape index (κ1) is 30.5. The van der Waals surface area contributed by atoms with Gasteiger partial charge in [0, 0.05) is 82.9 Å². The summed E-state index contributed by atoms with van der Waals surface area (Å²) in [4.78, 5) is 37.6. The average molecular weight is 606 g/mol. The van der Waals surface area contributed by atoms with E-state index in [1.165, 1.54) is 12.8 Å². The molecule has 0 spiro atoms. The van der Waals surface area contributed by atoms with Crippen LogP contribution < -0.4 is 5.32 Å². The lowest BCUT2D eigenvalue weighted by Gasteiger charge is -2.37. The van der Waals surface area contributed by atoms with Crippen molar-refractivity contribution in [1.29, 1.82) is 0 Å². The molecule has 12 heteroatoms. The molecular formula is C31H42F3N5O4. The topological polar surface area (TPSA) is 87.2 Å². The molecular weight excluding hydrogens is 563 g/mol. The maximum Gasteiger partial charge on any atom is 0.417 e. The monoisotopic (exact) mass is 605 g/mol. The number of amides is 2. The zero-order valence-electron chi connectivity index (χ0n) is 24.8. The van der Waals surface area contributed by atoms with E-state index in [0.717, 1.165) is 44.7 Å². The summed E-state index contributed by atoms with van der Waals surface area (Å²) in [6.07, 6.45) is 4.75. The van der Waals surface area contributed by atoms with Crippen LogP contribution in [0.3, 0.4) is 0 Å². The molecule has 236 valence electrons. The van der Waals surface area contributed by atoms with Crippen molar-refractivity contribution in [2.45, 2.75) is 69.4 Å². The summed E-state index contributed by atoms with van der Waals surface area (Å²) in [5.74, 6) is -0.205. The van der Waals surface area contributed by atoms with E-state index in [1.807, 2.05) is 6.08 Å². The number of likely N-dealkylation sites (tertiary alicyclic amines) is 2. The lowest BCUT2D eigenvalue weighted by atomic mass is 9.78. The number of ether oxygens (including phenoxy) is 2. The summed E-state index contributed by atoms with van der Waals surface area (Å²) in [7, 11) is 1.68. The second kappa shape index (κ2) is 12.5.